The first kappa shape index (κ1) is 95.5. The van der Waals surface area contributed by atoms with Gasteiger partial charge in [0, 0.05) is 25.7 Å². The number of esters is 4. The van der Waals surface area contributed by atoms with Crippen molar-refractivity contribution < 1.29 is 80.2 Å². The maximum absolute atomic E-state index is 13.1. The van der Waals surface area contributed by atoms with E-state index < -0.39 is 97.5 Å². The van der Waals surface area contributed by atoms with Crippen molar-refractivity contribution in [2.75, 3.05) is 39.6 Å². The molecule has 0 radical (unpaired) electrons. The van der Waals surface area contributed by atoms with Gasteiger partial charge in [0.15, 0.2) is 12.2 Å². The van der Waals surface area contributed by atoms with Crippen molar-refractivity contribution in [2.24, 2.45) is 0 Å². The van der Waals surface area contributed by atoms with Crippen LogP contribution in [0.15, 0.2) is 24.3 Å². The van der Waals surface area contributed by atoms with Crippen LogP contribution in [0.25, 0.3) is 0 Å². The lowest BCUT2D eigenvalue weighted by atomic mass is 10.0. The number of hydrogen-bond acceptors (Lipinski definition) is 15. The van der Waals surface area contributed by atoms with E-state index in [-0.39, 0.29) is 25.7 Å². The van der Waals surface area contributed by atoms with Crippen LogP contribution in [0.2, 0.25) is 0 Å². The van der Waals surface area contributed by atoms with Crippen molar-refractivity contribution in [1.82, 2.24) is 0 Å². The Labute approximate surface area is 599 Å². The molecule has 0 aliphatic heterocycles. The average Bonchev–Trinajstić information content (AvgIpc) is 0.999. The van der Waals surface area contributed by atoms with Gasteiger partial charge in [-0.05, 0) is 51.4 Å². The van der Waals surface area contributed by atoms with E-state index in [0.29, 0.717) is 25.7 Å². The van der Waals surface area contributed by atoms with Crippen LogP contribution in [0.4, 0.5) is 0 Å². The van der Waals surface area contributed by atoms with Crippen LogP contribution >= 0.6 is 15.6 Å². The number of aliphatic hydroxyl groups is 1. The van der Waals surface area contributed by atoms with Crippen LogP contribution in [-0.4, -0.2) is 96.7 Å². The van der Waals surface area contributed by atoms with Gasteiger partial charge in [0.1, 0.15) is 19.3 Å². The van der Waals surface area contributed by atoms with E-state index in [1.807, 2.05) is 0 Å². The number of phosphoric ester groups is 2. The molecule has 0 aliphatic rings. The molecule has 5 atom stereocenters. The normalized spacial score (nSPS) is 14.0. The van der Waals surface area contributed by atoms with Crippen LogP contribution in [0.5, 0.6) is 0 Å². The summed E-state index contributed by atoms with van der Waals surface area (Å²) in [6.07, 6.45) is 67.2. The van der Waals surface area contributed by atoms with Crippen LogP contribution in [0, 0.1) is 0 Å². The quantitative estimate of drug-likeness (QED) is 0.0169. The number of allylic oxidation sites excluding steroid dienone is 4. The Balaban J connectivity index is 5.29. The van der Waals surface area contributed by atoms with Gasteiger partial charge in [-0.2, -0.15) is 0 Å². The Morgan fingerprint density at radius 2 is 0.490 bits per heavy atom. The molecule has 0 heterocycles. The Kier molecular flexibility index (Phi) is 71.0. The summed E-state index contributed by atoms with van der Waals surface area (Å²) in [5.41, 5.74) is 0. The number of phosphoric acid groups is 2. The van der Waals surface area contributed by atoms with Crippen molar-refractivity contribution >= 4 is 39.5 Å². The molecule has 578 valence electrons. The Bertz CT molecular complexity index is 1950. The third-order valence-electron chi connectivity index (χ3n) is 18.0. The summed E-state index contributed by atoms with van der Waals surface area (Å²) < 4.78 is 68.6. The third kappa shape index (κ3) is 71.9. The molecule has 0 fully saturated rings. The lowest BCUT2D eigenvalue weighted by molar-refractivity contribution is -0.161. The van der Waals surface area contributed by atoms with Gasteiger partial charge >= 0.3 is 39.5 Å². The van der Waals surface area contributed by atoms with Gasteiger partial charge in [0.25, 0.3) is 0 Å². The molecule has 0 aromatic heterocycles. The minimum Gasteiger partial charge on any atom is -0.462 e. The number of hydrogen-bond donors (Lipinski definition) is 3. The fourth-order valence-corrected chi connectivity index (χ4v) is 13.3. The molecule has 0 rings (SSSR count). The minimum atomic E-state index is -4.97. The van der Waals surface area contributed by atoms with Crippen molar-refractivity contribution in [1.29, 1.82) is 0 Å². The molecule has 0 aromatic rings. The SMILES string of the molecule is CCCCCC/C=C\C=C/CCCCCCCC(=O)OC[C@H](COP(=O)(O)OC[C@@H](O)COP(=O)(O)OC[C@@H](COC(=O)CCCCCCCCCCCCCC)OC(=O)CCCCCCCCCCCCCCCCC)OC(=O)CCCCCCCCCCCCCCCCCC. The molecule has 2 unspecified atom stereocenters. The van der Waals surface area contributed by atoms with Gasteiger partial charge in [-0.3, -0.25) is 37.3 Å². The number of aliphatic hydroxyl groups excluding tert-OH is 1. The topological polar surface area (TPSA) is 237 Å². The first-order valence-electron chi connectivity index (χ1n) is 40.6. The molecule has 0 aromatic carbocycles. The summed E-state index contributed by atoms with van der Waals surface area (Å²) in [6.45, 7) is 4.95. The largest absolute Gasteiger partial charge is 0.472 e. The zero-order chi connectivity index (χ0) is 71.8. The molecule has 0 spiro atoms. The molecule has 0 aliphatic carbocycles. The number of ether oxygens (including phenoxy) is 4. The maximum atomic E-state index is 13.1. The van der Waals surface area contributed by atoms with Crippen molar-refractivity contribution in [2.45, 2.75) is 418 Å². The van der Waals surface area contributed by atoms with Crippen LogP contribution in [0.3, 0.4) is 0 Å². The summed E-state index contributed by atoms with van der Waals surface area (Å²) in [6, 6.07) is 0. The Morgan fingerprint density at radius 3 is 0.745 bits per heavy atom. The minimum absolute atomic E-state index is 0.102. The standard InChI is InChI=1S/C79H150O17P2/c1-5-9-13-17-21-25-29-33-36-39-42-46-50-54-58-62-66-79(84)96-75(70-90-77(82)64-60-56-52-48-44-40-37-34-30-26-22-18-14-10-6-2)72-94-98(87,88)92-68-73(80)67-91-97(85,86)93-71-74(69-89-76(81)63-59-55-51-47-43-32-28-24-20-16-12-8-4)95-78(83)65-61-57-53-49-45-41-38-35-31-27-23-19-15-11-7-3/h26,30,34,37,73-75,80H,5-25,27-29,31-33,35-36,38-72H2,1-4H3,(H,85,86)(H,87,88)/b30-26-,37-34-/t73-,74+,75+/m0/s1. The second-order valence-corrected chi connectivity index (χ2v) is 30.7. The van der Waals surface area contributed by atoms with E-state index in [2.05, 4.69) is 52.0 Å². The molecule has 98 heavy (non-hydrogen) atoms. The van der Waals surface area contributed by atoms with Crippen LogP contribution in [-0.2, 0) is 65.4 Å². The van der Waals surface area contributed by atoms with Gasteiger partial charge in [-0.1, -0.05) is 347 Å². The monoisotopic (exact) mass is 1430 g/mol. The van der Waals surface area contributed by atoms with Gasteiger partial charge in [-0.15, -0.1) is 0 Å². The first-order chi connectivity index (χ1) is 47.7. The highest BCUT2D eigenvalue weighted by Gasteiger charge is 2.30. The van der Waals surface area contributed by atoms with E-state index in [1.54, 1.807) is 0 Å². The molecule has 19 heteroatoms. The first-order valence-corrected chi connectivity index (χ1v) is 43.6. The highest BCUT2D eigenvalue weighted by Crippen LogP contribution is 2.45. The lowest BCUT2D eigenvalue weighted by Crippen LogP contribution is -2.30. The summed E-state index contributed by atoms with van der Waals surface area (Å²) in [5, 5.41) is 10.6. The van der Waals surface area contributed by atoms with E-state index in [1.165, 1.54) is 212 Å². The van der Waals surface area contributed by atoms with Crippen LogP contribution in [0.1, 0.15) is 400 Å². The molecule has 0 saturated heterocycles. The lowest BCUT2D eigenvalue weighted by Gasteiger charge is -2.21. The molecule has 0 amide bonds. The molecular formula is C79H150O17P2. The molecular weight excluding hydrogens is 1280 g/mol. The smallest absolute Gasteiger partial charge is 0.462 e. The van der Waals surface area contributed by atoms with Crippen LogP contribution < -0.4 is 0 Å². The third-order valence-corrected chi connectivity index (χ3v) is 19.9. The van der Waals surface area contributed by atoms with Crippen molar-refractivity contribution in [3.63, 3.8) is 0 Å². The number of carbonyl (C=O) groups is 4. The zero-order valence-electron chi connectivity index (χ0n) is 63.2. The van der Waals surface area contributed by atoms with E-state index in [0.717, 1.165) is 109 Å². The van der Waals surface area contributed by atoms with E-state index >= 15 is 0 Å². The number of unbranched alkanes of at least 4 members (excludes halogenated alkanes) is 49. The van der Waals surface area contributed by atoms with Crippen molar-refractivity contribution in [3.05, 3.63) is 24.3 Å². The van der Waals surface area contributed by atoms with E-state index in [4.69, 9.17) is 37.0 Å². The summed E-state index contributed by atoms with van der Waals surface area (Å²) in [5.74, 6) is -2.14. The zero-order valence-corrected chi connectivity index (χ0v) is 65.0. The summed E-state index contributed by atoms with van der Waals surface area (Å²) in [4.78, 5) is 73.0. The second kappa shape index (κ2) is 72.9. The van der Waals surface area contributed by atoms with Gasteiger partial charge in [-0.25, -0.2) is 9.13 Å². The maximum Gasteiger partial charge on any atom is 0.472 e. The van der Waals surface area contributed by atoms with Gasteiger partial charge in [0.2, 0.25) is 0 Å². The Hall–Kier alpha value is -2.46. The van der Waals surface area contributed by atoms with Crippen molar-refractivity contribution in [3.8, 4) is 0 Å². The number of carbonyl (C=O) groups excluding carboxylic acids is 4. The highest BCUT2D eigenvalue weighted by atomic mass is 31.2. The fraction of sp³-hybridized carbons (Fsp3) is 0.899. The summed E-state index contributed by atoms with van der Waals surface area (Å²) >= 11 is 0. The van der Waals surface area contributed by atoms with Gasteiger partial charge < -0.3 is 33.8 Å². The highest BCUT2D eigenvalue weighted by molar-refractivity contribution is 7.47. The molecule has 3 N–H and O–H groups in total. The molecule has 0 saturated carbocycles. The second-order valence-electron chi connectivity index (χ2n) is 27.8. The van der Waals surface area contributed by atoms with Gasteiger partial charge in [0.05, 0.1) is 26.4 Å². The average molecular weight is 1430 g/mol. The predicted octanol–water partition coefficient (Wildman–Crippen LogP) is 23.3. The Morgan fingerprint density at radius 1 is 0.286 bits per heavy atom. The predicted molar refractivity (Wildman–Crippen MR) is 400 cm³/mol. The molecule has 17 nitrogen and oxygen atoms in total. The molecule has 0 bridgehead atoms. The summed E-state index contributed by atoms with van der Waals surface area (Å²) in [7, 11) is -9.93. The van der Waals surface area contributed by atoms with E-state index in [9.17, 15) is 43.2 Å². The number of rotatable bonds is 78. The fourth-order valence-electron chi connectivity index (χ4n) is 11.7.